The molecular weight excluding hydrogens is 468 g/mol. The molecular formula is C32H26N6. The Labute approximate surface area is 221 Å². The second-order valence-electron chi connectivity index (χ2n) is 9.98. The zero-order valence-corrected chi connectivity index (χ0v) is 21.5. The third kappa shape index (κ3) is 4.14. The van der Waals surface area contributed by atoms with Crippen LogP contribution in [0, 0.1) is 11.3 Å². The van der Waals surface area contributed by atoms with Crippen LogP contribution in [0.15, 0.2) is 97.5 Å². The maximum absolute atomic E-state index is 9.53. The highest BCUT2D eigenvalue weighted by Gasteiger charge is 2.21. The van der Waals surface area contributed by atoms with Gasteiger partial charge in [-0.25, -0.2) is 0 Å². The zero-order valence-electron chi connectivity index (χ0n) is 21.5. The fraction of sp³-hybridized carbons (Fsp3) is 0.125. The number of hydrogen-bond acceptors (Lipinski definition) is 5. The summed E-state index contributed by atoms with van der Waals surface area (Å²) < 4.78 is 1.89. The molecule has 0 bridgehead atoms. The standard InChI is InChI=1S/C32H26N6/c1-32(2,20-33)24-10-7-21(8-11-24)31-30-27-18-23(9-12-28(27)35-19-29(30)38(3)37-31)22-5-4-6-26(17-22)36-25-13-15-34-16-14-25/h4-19H,1-3H3,(H,34,36). The lowest BCUT2D eigenvalue weighted by Gasteiger charge is -2.15. The van der Waals surface area contributed by atoms with E-state index in [2.05, 4.69) is 71.0 Å². The van der Waals surface area contributed by atoms with Gasteiger partial charge < -0.3 is 5.32 Å². The number of rotatable bonds is 5. The lowest BCUT2D eigenvalue weighted by molar-refractivity contribution is 0.687. The summed E-state index contributed by atoms with van der Waals surface area (Å²) >= 11 is 0. The molecule has 0 aliphatic rings. The summed E-state index contributed by atoms with van der Waals surface area (Å²) in [6.07, 6.45) is 5.44. The number of aromatic nitrogens is 4. The van der Waals surface area contributed by atoms with E-state index in [1.54, 1.807) is 12.4 Å². The van der Waals surface area contributed by atoms with Crippen molar-refractivity contribution in [2.24, 2.45) is 7.05 Å². The summed E-state index contributed by atoms with van der Waals surface area (Å²) in [7, 11) is 1.95. The average Bonchev–Trinajstić information content (AvgIpc) is 3.30. The molecule has 6 aromatic rings. The molecule has 0 amide bonds. The molecule has 0 unspecified atom stereocenters. The van der Waals surface area contributed by atoms with Crippen LogP contribution in [0.3, 0.4) is 0 Å². The van der Waals surface area contributed by atoms with Gasteiger partial charge in [-0.15, -0.1) is 0 Å². The zero-order chi connectivity index (χ0) is 26.3. The van der Waals surface area contributed by atoms with Gasteiger partial charge in [-0.2, -0.15) is 10.4 Å². The first-order valence-electron chi connectivity index (χ1n) is 12.5. The van der Waals surface area contributed by atoms with E-state index in [-0.39, 0.29) is 0 Å². The summed E-state index contributed by atoms with van der Waals surface area (Å²) in [6, 6.07) is 29.2. The highest BCUT2D eigenvalue weighted by molar-refractivity contribution is 6.12. The van der Waals surface area contributed by atoms with Crippen LogP contribution in [-0.2, 0) is 12.5 Å². The molecule has 3 aromatic heterocycles. The summed E-state index contributed by atoms with van der Waals surface area (Å²) in [4.78, 5) is 8.82. The van der Waals surface area contributed by atoms with Crippen LogP contribution in [0.4, 0.5) is 11.4 Å². The van der Waals surface area contributed by atoms with Gasteiger partial charge in [-0.3, -0.25) is 14.6 Å². The van der Waals surface area contributed by atoms with E-state index in [4.69, 9.17) is 10.1 Å². The van der Waals surface area contributed by atoms with Gasteiger partial charge >= 0.3 is 0 Å². The fourth-order valence-electron chi connectivity index (χ4n) is 4.80. The van der Waals surface area contributed by atoms with Gasteiger partial charge in [-0.1, -0.05) is 42.5 Å². The maximum Gasteiger partial charge on any atom is 0.101 e. The van der Waals surface area contributed by atoms with E-state index in [1.807, 2.05) is 56.0 Å². The van der Waals surface area contributed by atoms with E-state index in [0.717, 1.165) is 61.1 Å². The van der Waals surface area contributed by atoms with E-state index >= 15 is 0 Å². The summed E-state index contributed by atoms with van der Waals surface area (Å²) in [5.41, 5.74) is 8.45. The predicted molar refractivity (Wildman–Crippen MR) is 153 cm³/mol. The Balaban J connectivity index is 1.46. The molecule has 0 aliphatic heterocycles. The largest absolute Gasteiger partial charge is 0.355 e. The Morgan fingerprint density at radius 3 is 2.34 bits per heavy atom. The number of fused-ring (bicyclic) bond motifs is 3. The van der Waals surface area contributed by atoms with Crippen molar-refractivity contribution in [2.75, 3.05) is 5.32 Å². The lowest BCUT2D eigenvalue weighted by Crippen LogP contribution is -2.13. The summed E-state index contributed by atoms with van der Waals surface area (Å²) in [6.45, 7) is 3.86. The molecule has 0 saturated carbocycles. The van der Waals surface area contributed by atoms with E-state index < -0.39 is 5.41 Å². The topological polar surface area (TPSA) is 79.4 Å². The number of nitrogens with one attached hydrogen (secondary N) is 1. The molecule has 184 valence electrons. The van der Waals surface area contributed by atoms with Crippen molar-refractivity contribution in [3.8, 4) is 28.5 Å². The molecule has 0 aliphatic carbocycles. The van der Waals surface area contributed by atoms with Crippen molar-refractivity contribution in [1.82, 2.24) is 19.7 Å². The number of pyridine rings is 2. The third-order valence-corrected chi connectivity index (χ3v) is 7.01. The molecule has 6 rings (SSSR count). The number of aryl methyl sites for hydroxylation is 1. The first-order valence-corrected chi connectivity index (χ1v) is 12.5. The van der Waals surface area contributed by atoms with Crippen LogP contribution in [0.5, 0.6) is 0 Å². The Hall–Kier alpha value is -5.02. The van der Waals surface area contributed by atoms with Gasteiger partial charge in [0.15, 0.2) is 0 Å². The van der Waals surface area contributed by atoms with Gasteiger partial charge in [0.25, 0.3) is 0 Å². The van der Waals surface area contributed by atoms with Gasteiger partial charge in [0.1, 0.15) is 5.69 Å². The van der Waals surface area contributed by atoms with Crippen molar-refractivity contribution >= 4 is 33.2 Å². The molecule has 6 nitrogen and oxygen atoms in total. The van der Waals surface area contributed by atoms with Crippen LogP contribution in [0.1, 0.15) is 19.4 Å². The first-order chi connectivity index (χ1) is 18.4. The molecule has 0 fully saturated rings. The van der Waals surface area contributed by atoms with Crippen molar-refractivity contribution in [3.63, 3.8) is 0 Å². The molecule has 0 saturated heterocycles. The number of hydrogen-bond donors (Lipinski definition) is 1. The van der Waals surface area contributed by atoms with Crippen LogP contribution < -0.4 is 5.32 Å². The fourth-order valence-corrected chi connectivity index (χ4v) is 4.80. The number of anilines is 2. The molecule has 3 aromatic carbocycles. The van der Waals surface area contributed by atoms with E-state index in [1.165, 1.54) is 0 Å². The van der Waals surface area contributed by atoms with Crippen molar-refractivity contribution in [2.45, 2.75) is 19.3 Å². The Bertz CT molecular complexity index is 1830. The quantitative estimate of drug-likeness (QED) is 0.270. The van der Waals surface area contributed by atoms with Crippen LogP contribution in [0.25, 0.3) is 44.2 Å². The first kappa shape index (κ1) is 23.4. The Morgan fingerprint density at radius 2 is 1.58 bits per heavy atom. The van der Waals surface area contributed by atoms with E-state index in [0.29, 0.717) is 0 Å². The highest BCUT2D eigenvalue weighted by Crippen LogP contribution is 2.36. The second-order valence-corrected chi connectivity index (χ2v) is 9.98. The van der Waals surface area contributed by atoms with Crippen molar-refractivity contribution in [3.05, 3.63) is 103 Å². The Morgan fingerprint density at radius 1 is 0.842 bits per heavy atom. The normalized spacial score (nSPS) is 11.5. The van der Waals surface area contributed by atoms with Crippen molar-refractivity contribution in [1.29, 1.82) is 5.26 Å². The number of nitrogens with zero attached hydrogens (tertiary/aromatic N) is 5. The smallest absolute Gasteiger partial charge is 0.101 e. The van der Waals surface area contributed by atoms with E-state index in [9.17, 15) is 5.26 Å². The minimum absolute atomic E-state index is 0.545. The number of benzene rings is 3. The molecule has 6 heteroatoms. The maximum atomic E-state index is 9.53. The van der Waals surface area contributed by atoms with Crippen LogP contribution in [0.2, 0.25) is 0 Å². The van der Waals surface area contributed by atoms with Gasteiger partial charge in [0, 0.05) is 47.2 Å². The molecule has 1 N–H and O–H groups in total. The highest BCUT2D eigenvalue weighted by atomic mass is 15.3. The third-order valence-electron chi connectivity index (χ3n) is 7.01. The average molecular weight is 495 g/mol. The van der Waals surface area contributed by atoms with Gasteiger partial charge in [0.2, 0.25) is 0 Å². The SMILES string of the molecule is Cn1nc(-c2ccc(C(C)(C)C#N)cc2)c2c3cc(-c4cccc(Nc5ccncc5)c4)ccc3ncc21. The number of nitriles is 1. The monoisotopic (exact) mass is 494 g/mol. The van der Waals surface area contributed by atoms with Crippen LogP contribution in [-0.4, -0.2) is 19.7 Å². The second kappa shape index (κ2) is 9.13. The predicted octanol–water partition coefficient (Wildman–Crippen LogP) is 7.40. The molecule has 3 heterocycles. The molecule has 0 radical (unpaired) electrons. The molecule has 38 heavy (non-hydrogen) atoms. The van der Waals surface area contributed by atoms with Gasteiger partial charge in [0.05, 0.1) is 28.7 Å². The Kier molecular flexibility index (Phi) is 5.62. The minimum atomic E-state index is -0.545. The minimum Gasteiger partial charge on any atom is -0.355 e. The molecule has 0 atom stereocenters. The van der Waals surface area contributed by atoms with Crippen LogP contribution >= 0.6 is 0 Å². The summed E-state index contributed by atoms with van der Waals surface area (Å²) in [5.74, 6) is 0. The van der Waals surface area contributed by atoms with Crippen molar-refractivity contribution < 1.29 is 0 Å². The summed E-state index contributed by atoms with van der Waals surface area (Å²) in [5, 5.41) is 20.0. The molecule has 0 spiro atoms. The van der Waals surface area contributed by atoms with Gasteiger partial charge in [-0.05, 0) is 66.9 Å². The lowest BCUT2D eigenvalue weighted by atomic mass is 9.86.